The molecule has 0 bridgehead atoms. The Kier molecular flexibility index (Phi) is 7.77. The van der Waals surface area contributed by atoms with E-state index in [0.717, 1.165) is 32.6 Å². The van der Waals surface area contributed by atoms with Gasteiger partial charge < -0.3 is 15.2 Å². The number of nitrogens with zero attached hydrogens (tertiary/aromatic N) is 1. The third-order valence-corrected chi connectivity index (χ3v) is 3.26. The van der Waals surface area contributed by atoms with E-state index >= 15 is 0 Å². The summed E-state index contributed by atoms with van der Waals surface area (Å²) >= 11 is 0. The van der Waals surface area contributed by atoms with E-state index in [9.17, 15) is 5.11 Å². The Morgan fingerprint density at radius 1 is 1.47 bits per heavy atom. The molecular formula is C13H28N2O2. The summed E-state index contributed by atoms with van der Waals surface area (Å²) < 4.78 is 5.27. The summed E-state index contributed by atoms with van der Waals surface area (Å²) in [6.45, 7) is 9.28. The van der Waals surface area contributed by atoms with Gasteiger partial charge in [0.15, 0.2) is 0 Å². The molecule has 0 aromatic carbocycles. The maximum atomic E-state index is 9.92. The lowest BCUT2D eigenvalue weighted by Gasteiger charge is -2.35. The van der Waals surface area contributed by atoms with Crippen molar-refractivity contribution in [2.24, 2.45) is 0 Å². The van der Waals surface area contributed by atoms with Crippen LogP contribution < -0.4 is 5.32 Å². The molecule has 1 fully saturated rings. The number of aliphatic hydroxyl groups excluding tert-OH is 1. The molecule has 4 nitrogen and oxygen atoms in total. The molecule has 1 heterocycles. The van der Waals surface area contributed by atoms with Crippen LogP contribution in [0.4, 0.5) is 0 Å². The van der Waals surface area contributed by atoms with Gasteiger partial charge >= 0.3 is 0 Å². The van der Waals surface area contributed by atoms with Crippen molar-refractivity contribution in [3.63, 3.8) is 0 Å². The topological polar surface area (TPSA) is 44.7 Å². The Hall–Kier alpha value is -0.160. The van der Waals surface area contributed by atoms with E-state index in [4.69, 9.17) is 4.74 Å². The predicted molar refractivity (Wildman–Crippen MR) is 70.3 cm³/mol. The molecule has 4 heteroatoms. The molecule has 1 aliphatic rings. The van der Waals surface area contributed by atoms with Crippen LogP contribution in [-0.2, 0) is 4.74 Å². The molecule has 1 rings (SSSR count). The zero-order valence-corrected chi connectivity index (χ0v) is 11.3. The first-order valence-electron chi connectivity index (χ1n) is 6.98. The Morgan fingerprint density at radius 3 is 2.88 bits per heavy atom. The first-order chi connectivity index (χ1) is 8.27. The van der Waals surface area contributed by atoms with E-state index < -0.39 is 0 Å². The van der Waals surface area contributed by atoms with Crippen LogP contribution in [0.25, 0.3) is 0 Å². The highest BCUT2D eigenvalue weighted by Gasteiger charge is 2.22. The molecule has 102 valence electrons. The molecular weight excluding hydrogens is 216 g/mol. The SMILES string of the molecule is CCCN(CC(O)COCC)C1CCCNC1. The van der Waals surface area contributed by atoms with Crippen molar-refractivity contribution in [2.45, 2.75) is 45.3 Å². The molecule has 2 N–H and O–H groups in total. The van der Waals surface area contributed by atoms with E-state index in [1.54, 1.807) is 0 Å². The van der Waals surface area contributed by atoms with E-state index in [1.165, 1.54) is 12.8 Å². The van der Waals surface area contributed by atoms with E-state index in [0.29, 0.717) is 19.3 Å². The molecule has 2 unspecified atom stereocenters. The van der Waals surface area contributed by atoms with Gasteiger partial charge in [0, 0.05) is 25.7 Å². The van der Waals surface area contributed by atoms with Gasteiger partial charge in [0.2, 0.25) is 0 Å². The average Bonchev–Trinajstić information content (AvgIpc) is 2.37. The van der Waals surface area contributed by atoms with E-state index in [1.807, 2.05) is 6.92 Å². The molecule has 1 aliphatic heterocycles. The van der Waals surface area contributed by atoms with Gasteiger partial charge in [0.05, 0.1) is 12.7 Å². The van der Waals surface area contributed by atoms with Gasteiger partial charge in [-0.1, -0.05) is 6.92 Å². The lowest BCUT2D eigenvalue weighted by atomic mass is 10.1. The number of hydrogen-bond acceptors (Lipinski definition) is 4. The van der Waals surface area contributed by atoms with Gasteiger partial charge in [-0.05, 0) is 39.3 Å². The van der Waals surface area contributed by atoms with E-state index in [2.05, 4.69) is 17.1 Å². The standard InChI is InChI=1S/C13H28N2O2/c1-3-8-15(10-13(16)11-17-4-2)12-6-5-7-14-9-12/h12-14,16H,3-11H2,1-2H3. The largest absolute Gasteiger partial charge is 0.389 e. The minimum Gasteiger partial charge on any atom is -0.389 e. The fourth-order valence-electron chi connectivity index (χ4n) is 2.43. The summed E-state index contributed by atoms with van der Waals surface area (Å²) in [6, 6.07) is 0.583. The third kappa shape index (κ3) is 5.82. The van der Waals surface area contributed by atoms with Crippen molar-refractivity contribution in [3.8, 4) is 0 Å². The molecule has 0 aliphatic carbocycles. The number of hydrogen-bond donors (Lipinski definition) is 2. The van der Waals surface area contributed by atoms with Crippen molar-refractivity contribution < 1.29 is 9.84 Å². The first-order valence-corrected chi connectivity index (χ1v) is 6.98. The molecule has 0 saturated carbocycles. The molecule has 2 atom stereocenters. The minimum absolute atomic E-state index is 0.358. The zero-order chi connectivity index (χ0) is 12.5. The molecule has 0 amide bonds. The highest BCUT2D eigenvalue weighted by molar-refractivity contribution is 4.79. The van der Waals surface area contributed by atoms with Crippen LogP contribution in [0.1, 0.15) is 33.1 Å². The van der Waals surface area contributed by atoms with Gasteiger partial charge in [-0.25, -0.2) is 0 Å². The van der Waals surface area contributed by atoms with Crippen LogP contribution in [0.15, 0.2) is 0 Å². The van der Waals surface area contributed by atoms with Crippen molar-refractivity contribution >= 4 is 0 Å². The fourth-order valence-corrected chi connectivity index (χ4v) is 2.43. The summed E-state index contributed by atoms with van der Waals surface area (Å²) in [5.74, 6) is 0. The zero-order valence-electron chi connectivity index (χ0n) is 11.3. The number of aliphatic hydroxyl groups is 1. The number of rotatable bonds is 8. The molecule has 0 aromatic heterocycles. The quantitative estimate of drug-likeness (QED) is 0.664. The van der Waals surface area contributed by atoms with Crippen molar-refractivity contribution in [2.75, 3.05) is 39.4 Å². The number of nitrogens with one attached hydrogen (secondary N) is 1. The second-order valence-electron chi connectivity index (χ2n) is 4.81. The summed E-state index contributed by atoms with van der Waals surface area (Å²) in [5, 5.41) is 13.4. The van der Waals surface area contributed by atoms with Crippen LogP contribution in [0.3, 0.4) is 0 Å². The molecule has 0 radical (unpaired) electrons. The maximum absolute atomic E-state index is 9.92. The minimum atomic E-state index is -0.358. The van der Waals surface area contributed by atoms with Gasteiger partial charge in [0.1, 0.15) is 0 Å². The van der Waals surface area contributed by atoms with Crippen molar-refractivity contribution in [3.05, 3.63) is 0 Å². The Balaban J connectivity index is 2.35. The van der Waals surface area contributed by atoms with Crippen LogP contribution in [0.2, 0.25) is 0 Å². The van der Waals surface area contributed by atoms with Gasteiger partial charge in [0.25, 0.3) is 0 Å². The maximum Gasteiger partial charge on any atom is 0.0900 e. The van der Waals surface area contributed by atoms with Crippen molar-refractivity contribution in [1.29, 1.82) is 0 Å². The molecule has 0 aromatic rings. The summed E-state index contributed by atoms with van der Waals surface area (Å²) in [4.78, 5) is 2.41. The lowest BCUT2D eigenvalue weighted by molar-refractivity contribution is 0.00963. The van der Waals surface area contributed by atoms with Gasteiger partial charge in [-0.2, -0.15) is 0 Å². The normalized spacial score (nSPS) is 22.9. The first kappa shape index (κ1) is 14.9. The predicted octanol–water partition coefficient (Wildman–Crippen LogP) is 0.848. The third-order valence-electron chi connectivity index (χ3n) is 3.26. The van der Waals surface area contributed by atoms with Crippen LogP contribution >= 0.6 is 0 Å². The molecule has 1 saturated heterocycles. The highest BCUT2D eigenvalue weighted by Crippen LogP contribution is 2.11. The second kappa shape index (κ2) is 8.86. The number of piperidine rings is 1. The monoisotopic (exact) mass is 244 g/mol. The second-order valence-corrected chi connectivity index (χ2v) is 4.81. The molecule has 17 heavy (non-hydrogen) atoms. The van der Waals surface area contributed by atoms with Crippen LogP contribution in [0, 0.1) is 0 Å². The summed E-state index contributed by atoms with van der Waals surface area (Å²) in [5.41, 5.74) is 0. The average molecular weight is 244 g/mol. The van der Waals surface area contributed by atoms with Crippen molar-refractivity contribution in [1.82, 2.24) is 10.2 Å². The smallest absolute Gasteiger partial charge is 0.0900 e. The number of ether oxygens (including phenoxy) is 1. The summed E-state index contributed by atoms with van der Waals surface area (Å²) in [6.07, 6.45) is 3.27. The van der Waals surface area contributed by atoms with Gasteiger partial charge in [-0.3, -0.25) is 4.90 Å². The van der Waals surface area contributed by atoms with Gasteiger partial charge in [-0.15, -0.1) is 0 Å². The Labute approximate surface area is 105 Å². The molecule has 0 spiro atoms. The van der Waals surface area contributed by atoms with E-state index in [-0.39, 0.29) is 6.10 Å². The Bertz CT molecular complexity index is 184. The van der Waals surface area contributed by atoms with Crippen LogP contribution in [0.5, 0.6) is 0 Å². The lowest BCUT2D eigenvalue weighted by Crippen LogP contribution is -2.49. The van der Waals surface area contributed by atoms with Crippen LogP contribution in [-0.4, -0.2) is 61.5 Å². The highest BCUT2D eigenvalue weighted by atomic mass is 16.5. The Morgan fingerprint density at radius 2 is 2.29 bits per heavy atom. The summed E-state index contributed by atoms with van der Waals surface area (Å²) in [7, 11) is 0. The fraction of sp³-hybridized carbons (Fsp3) is 1.00.